The average Bonchev–Trinajstić information content (AvgIpc) is 3.24. The van der Waals surface area contributed by atoms with Gasteiger partial charge >= 0.3 is 0 Å². The van der Waals surface area contributed by atoms with Gasteiger partial charge in [-0.2, -0.15) is 0 Å². The fourth-order valence-corrected chi connectivity index (χ4v) is 3.92. The second-order valence-corrected chi connectivity index (χ2v) is 6.97. The Bertz CT molecular complexity index is 817. The zero-order valence-electron chi connectivity index (χ0n) is 12.3. The van der Waals surface area contributed by atoms with E-state index in [0.717, 1.165) is 28.7 Å². The van der Waals surface area contributed by atoms with Gasteiger partial charge in [-0.1, -0.05) is 4.47 Å². The lowest BCUT2D eigenvalue weighted by atomic mass is 10.1. The number of hydrogen-bond acceptors (Lipinski definition) is 7. The van der Waals surface area contributed by atoms with Crippen LogP contribution in [-0.4, -0.2) is 35.6 Å². The molecule has 9 nitrogen and oxygen atoms in total. The van der Waals surface area contributed by atoms with Gasteiger partial charge in [-0.3, -0.25) is 15.0 Å². The zero-order chi connectivity index (χ0) is 17.3. The van der Waals surface area contributed by atoms with Crippen LogP contribution in [0.25, 0.3) is 0 Å². The van der Waals surface area contributed by atoms with E-state index in [9.17, 15) is 23.6 Å². The predicted molar refractivity (Wildman–Crippen MR) is 80.1 cm³/mol. The quantitative estimate of drug-likeness (QED) is 0.639. The number of sulfonamides is 1. The first-order chi connectivity index (χ1) is 11.4. The summed E-state index contributed by atoms with van der Waals surface area (Å²) in [6.45, 7) is -0.427. The van der Waals surface area contributed by atoms with E-state index in [1.165, 1.54) is 6.26 Å². The second-order valence-electron chi connectivity index (χ2n) is 5.19. The highest BCUT2D eigenvalue weighted by molar-refractivity contribution is 7.89. The highest BCUT2D eigenvalue weighted by Gasteiger charge is 2.43. The Morgan fingerprint density at radius 2 is 2.00 bits per heavy atom. The van der Waals surface area contributed by atoms with Crippen molar-refractivity contribution in [3.63, 3.8) is 0 Å². The molecule has 0 unspecified atom stereocenters. The molecule has 0 radical (unpaired) electrons. The normalized spacial score (nSPS) is 21.9. The maximum absolute atomic E-state index is 12.7. The van der Waals surface area contributed by atoms with Gasteiger partial charge in [0.05, 0.1) is 28.7 Å². The predicted octanol–water partition coefficient (Wildman–Crippen LogP) is 1.62. The molecule has 1 aromatic heterocycles. The van der Waals surface area contributed by atoms with E-state index in [2.05, 4.69) is 0 Å². The van der Waals surface area contributed by atoms with Crippen molar-refractivity contribution in [2.24, 2.45) is 0 Å². The number of nitrogens with zero attached hydrogens (tertiary/aromatic N) is 2. The number of nitro groups is 1. The number of benzene rings is 1. The fraction of sp³-hybridized carbons (Fsp3) is 0.286. The summed E-state index contributed by atoms with van der Waals surface area (Å²) < 4.78 is 31.3. The highest BCUT2D eigenvalue weighted by Crippen LogP contribution is 2.37. The van der Waals surface area contributed by atoms with Crippen molar-refractivity contribution in [2.45, 2.75) is 23.5 Å². The average molecular weight is 354 g/mol. The maximum atomic E-state index is 12.7. The number of aliphatic hydroxyl groups is 1. The minimum absolute atomic E-state index is 0.161. The monoisotopic (exact) mass is 354 g/mol. The molecule has 2 aromatic rings. The summed E-state index contributed by atoms with van der Waals surface area (Å²) in [5.41, 5.74) is -0.219. The number of furan rings is 1. The summed E-state index contributed by atoms with van der Waals surface area (Å²) in [4.78, 5) is 15.4. The van der Waals surface area contributed by atoms with Gasteiger partial charge in [-0.25, -0.2) is 8.42 Å². The number of hydrogen-bond donors (Lipinski definition) is 1. The largest absolute Gasteiger partial charge is 0.467 e. The molecule has 24 heavy (non-hydrogen) atoms. The third-order valence-corrected chi connectivity index (χ3v) is 5.39. The van der Waals surface area contributed by atoms with E-state index in [0.29, 0.717) is 5.76 Å². The summed E-state index contributed by atoms with van der Waals surface area (Å²) in [5, 5.41) is 20.1. The van der Waals surface area contributed by atoms with Crippen LogP contribution in [0, 0.1) is 10.1 Å². The third kappa shape index (κ3) is 2.91. The Kier molecular flexibility index (Phi) is 4.37. The van der Waals surface area contributed by atoms with Crippen LogP contribution in [0.15, 0.2) is 52.0 Å². The van der Waals surface area contributed by atoms with Gasteiger partial charge < -0.3 is 9.52 Å². The first-order valence-corrected chi connectivity index (χ1v) is 8.47. The Balaban J connectivity index is 1.89. The topological polar surface area (TPSA) is 123 Å². The maximum Gasteiger partial charge on any atom is 0.269 e. The van der Waals surface area contributed by atoms with Gasteiger partial charge in [-0.15, -0.1) is 0 Å². The van der Waals surface area contributed by atoms with Crippen LogP contribution in [0.3, 0.4) is 0 Å². The van der Waals surface area contributed by atoms with E-state index in [-0.39, 0.29) is 17.0 Å². The summed E-state index contributed by atoms with van der Waals surface area (Å²) >= 11 is 0. The Labute approximate surface area is 137 Å². The van der Waals surface area contributed by atoms with E-state index in [1.807, 2.05) is 0 Å². The first kappa shape index (κ1) is 16.6. The van der Waals surface area contributed by atoms with Crippen LogP contribution in [0.2, 0.25) is 0 Å². The Hall–Kier alpha value is -2.27. The smallest absolute Gasteiger partial charge is 0.269 e. The van der Waals surface area contributed by atoms with Crippen molar-refractivity contribution >= 4 is 15.7 Å². The van der Waals surface area contributed by atoms with Gasteiger partial charge in [0.15, 0.2) is 0 Å². The lowest BCUT2D eigenvalue weighted by Crippen LogP contribution is -2.36. The van der Waals surface area contributed by atoms with Gasteiger partial charge in [-0.05, 0) is 24.3 Å². The van der Waals surface area contributed by atoms with Crippen LogP contribution in [-0.2, 0) is 14.9 Å². The lowest BCUT2D eigenvalue weighted by Gasteiger charge is -2.20. The van der Waals surface area contributed by atoms with E-state index < -0.39 is 33.7 Å². The van der Waals surface area contributed by atoms with Crippen LogP contribution in [0.5, 0.6) is 0 Å². The molecule has 2 atom stereocenters. The molecular weight excluding hydrogens is 340 g/mol. The van der Waals surface area contributed by atoms with E-state index in [4.69, 9.17) is 9.25 Å². The molecular formula is C14H14N2O7S. The second kappa shape index (κ2) is 6.32. The molecule has 1 fully saturated rings. The zero-order valence-corrected chi connectivity index (χ0v) is 13.1. The Morgan fingerprint density at radius 3 is 2.54 bits per heavy atom. The van der Waals surface area contributed by atoms with Crippen LogP contribution < -0.4 is 0 Å². The van der Waals surface area contributed by atoms with E-state index >= 15 is 0 Å². The first-order valence-electron chi connectivity index (χ1n) is 7.03. The molecule has 1 N–H and O–H groups in total. The lowest BCUT2D eigenvalue weighted by molar-refractivity contribution is -0.384. The number of rotatable bonds is 5. The molecule has 1 saturated heterocycles. The highest BCUT2D eigenvalue weighted by atomic mass is 32.2. The molecule has 1 aromatic carbocycles. The number of aliphatic hydroxyl groups excluding tert-OH is 1. The number of non-ortho nitro benzene ring substituents is 1. The summed E-state index contributed by atoms with van der Waals surface area (Å²) in [6.07, 6.45) is 1.04. The van der Waals surface area contributed by atoms with Crippen molar-refractivity contribution in [1.29, 1.82) is 0 Å². The molecule has 0 saturated carbocycles. The van der Waals surface area contributed by atoms with Crippen molar-refractivity contribution in [3.8, 4) is 0 Å². The fourth-order valence-electron chi connectivity index (χ4n) is 2.47. The number of hydroxylamine groups is 1. The molecule has 1 aliphatic heterocycles. The van der Waals surface area contributed by atoms with Crippen LogP contribution >= 0.6 is 0 Å². The Morgan fingerprint density at radius 1 is 1.29 bits per heavy atom. The summed E-state index contributed by atoms with van der Waals surface area (Å²) in [7, 11) is -4.08. The van der Waals surface area contributed by atoms with Crippen molar-refractivity contribution in [1.82, 2.24) is 4.47 Å². The molecule has 1 aliphatic rings. The molecule has 2 heterocycles. The molecule has 3 rings (SSSR count). The SMILES string of the molecule is O=[N+]([O-])c1ccc(S(=O)(=O)N2O[C@H](c3ccco3)C[C@@H]2CO)cc1. The minimum atomic E-state index is -4.08. The van der Waals surface area contributed by atoms with E-state index in [1.54, 1.807) is 12.1 Å². The van der Waals surface area contributed by atoms with Crippen molar-refractivity contribution < 1.29 is 27.7 Å². The van der Waals surface area contributed by atoms with Gasteiger partial charge in [0.2, 0.25) is 0 Å². The summed E-state index contributed by atoms with van der Waals surface area (Å²) in [6, 6.07) is 6.99. The van der Waals surface area contributed by atoms with Gasteiger partial charge in [0, 0.05) is 18.6 Å². The molecule has 0 aliphatic carbocycles. The molecule has 0 amide bonds. The summed E-state index contributed by atoms with van der Waals surface area (Å²) in [5.74, 6) is 0.454. The molecule has 10 heteroatoms. The van der Waals surface area contributed by atoms with Gasteiger partial charge in [0.25, 0.3) is 15.7 Å². The van der Waals surface area contributed by atoms with Crippen LogP contribution in [0.1, 0.15) is 18.3 Å². The standard InChI is InChI=1S/C14H14N2O7S/c17-9-11-8-14(13-2-1-7-22-13)23-16(11)24(20,21)12-5-3-10(4-6-12)15(18)19/h1-7,11,14,17H,8-9H2/t11-,14+/m1/s1. The van der Waals surface area contributed by atoms with Crippen molar-refractivity contribution in [3.05, 3.63) is 58.5 Å². The molecule has 0 bridgehead atoms. The van der Waals surface area contributed by atoms with Crippen LogP contribution in [0.4, 0.5) is 5.69 Å². The third-order valence-electron chi connectivity index (χ3n) is 3.67. The molecule has 0 spiro atoms. The van der Waals surface area contributed by atoms with Crippen molar-refractivity contribution in [2.75, 3.05) is 6.61 Å². The minimum Gasteiger partial charge on any atom is -0.467 e. The molecule has 128 valence electrons. The van der Waals surface area contributed by atoms with Gasteiger partial charge in [0.1, 0.15) is 11.9 Å². The number of nitro benzene ring substituents is 1.